The van der Waals surface area contributed by atoms with Crippen molar-refractivity contribution in [3.05, 3.63) is 77.1 Å². The van der Waals surface area contributed by atoms with Crippen LogP contribution in [0.4, 0.5) is 5.69 Å². The minimum Gasteiger partial charge on any atom is -0.508 e. The molecule has 3 heterocycles. The average Bonchev–Trinajstić information content (AvgIpc) is 2.98. The molecule has 0 unspecified atom stereocenters. The van der Waals surface area contributed by atoms with Gasteiger partial charge in [0.05, 0.1) is 6.04 Å². The van der Waals surface area contributed by atoms with E-state index in [2.05, 4.69) is 27.4 Å². The zero-order chi connectivity index (χ0) is 17.0. The molecule has 5 rings (SSSR count). The number of benzene rings is 2. The van der Waals surface area contributed by atoms with Crippen LogP contribution in [-0.4, -0.2) is 15.1 Å². The Kier molecular flexibility index (Phi) is 3.02. The number of phenolic OH excluding ortho intramolecular Hbond substituents is 1. The van der Waals surface area contributed by atoms with Gasteiger partial charge >= 0.3 is 0 Å². The van der Waals surface area contributed by atoms with Crippen molar-refractivity contribution in [2.75, 3.05) is 5.32 Å². The third-order valence-electron chi connectivity index (χ3n) is 4.73. The summed E-state index contributed by atoms with van der Waals surface area (Å²) in [6, 6.07) is 15.2. The fourth-order valence-electron chi connectivity index (χ4n) is 3.61. The summed E-state index contributed by atoms with van der Waals surface area (Å²) < 4.78 is 0. The molecule has 0 bridgehead atoms. The maximum absolute atomic E-state index is 9.70. The van der Waals surface area contributed by atoms with Crippen LogP contribution >= 0.6 is 11.6 Å². The van der Waals surface area contributed by atoms with Crippen LogP contribution in [0, 0.1) is 0 Å². The van der Waals surface area contributed by atoms with Crippen LogP contribution in [0.25, 0.3) is 22.2 Å². The Hall–Kier alpha value is -2.98. The first-order chi connectivity index (χ1) is 12.2. The van der Waals surface area contributed by atoms with Crippen LogP contribution in [-0.2, 0) is 0 Å². The molecule has 4 nitrogen and oxygen atoms in total. The standard InChI is InChI=1S/C20H14ClN3O/c21-16-9-11(25)5-6-14(16)19-15-10-23-20-18(15)13(7-8-22-20)12-3-1-2-4-17(12)24-19/h1-10,19,24-25H,(H,22,23)/t19-/m0/s1. The number of nitrogens with zero attached hydrogens (tertiary/aromatic N) is 1. The van der Waals surface area contributed by atoms with E-state index in [1.807, 2.05) is 36.7 Å². The summed E-state index contributed by atoms with van der Waals surface area (Å²) in [6.07, 6.45) is 3.80. The van der Waals surface area contributed by atoms with E-state index in [9.17, 15) is 5.11 Å². The summed E-state index contributed by atoms with van der Waals surface area (Å²) >= 11 is 6.45. The van der Waals surface area contributed by atoms with Gasteiger partial charge in [0.25, 0.3) is 0 Å². The number of hydrogen-bond acceptors (Lipinski definition) is 3. The van der Waals surface area contributed by atoms with Gasteiger partial charge in [0.1, 0.15) is 11.4 Å². The number of nitrogens with one attached hydrogen (secondary N) is 2. The van der Waals surface area contributed by atoms with Crippen molar-refractivity contribution in [1.29, 1.82) is 0 Å². The summed E-state index contributed by atoms with van der Waals surface area (Å²) in [4.78, 5) is 7.73. The van der Waals surface area contributed by atoms with Crippen molar-refractivity contribution >= 4 is 28.3 Å². The Bertz CT molecular complexity index is 1120. The molecule has 0 saturated heterocycles. The zero-order valence-electron chi connectivity index (χ0n) is 13.1. The molecule has 122 valence electrons. The quantitative estimate of drug-likeness (QED) is 0.448. The molecule has 4 aromatic rings. The first kappa shape index (κ1) is 14.4. The van der Waals surface area contributed by atoms with Gasteiger partial charge in [-0.15, -0.1) is 0 Å². The van der Waals surface area contributed by atoms with Crippen molar-refractivity contribution in [2.45, 2.75) is 6.04 Å². The van der Waals surface area contributed by atoms with Gasteiger partial charge < -0.3 is 15.4 Å². The third kappa shape index (κ3) is 2.11. The number of aromatic nitrogens is 2. The van der Waals surface area contributed by atoms with Crippen LogP contribution < -0.4 is 5.32 Å². The topological polar surface area (TPSA) is 60.9 Å². The van der Waals surface area contributed by atoms with E-state index in [4.69, 9.17) is 11.6 Å². The summed E-state index contributed by atoms with van der Waals surface area (Å²) in [6.45, 7) is 0. The predicted octanol–water partition coefficient (Wildman–Crippen LogP) is 5.10. The highest BCUT2D eigenvalue weighted by atomic mass is 35.5. The number of para-hydroxylation sites is 1. The number of halogens is 1. The lowest BCUT2D eigenvalue weighted by atomic mass is 9.97. The van der Waals surface area contributed by atoms with E-state index in [0.29, 0.717) is 5.02 Å². The minimum atomic E-state index is -0.145. The summed E-state index contributed by atoms with van der Waals surface area (Å²) in [7, 11) is 0. The van der Waals surface area contributed by atoms with Crippen molar-refractivity contribution in [2.24, 2.45) is 0 Å². The van der Waals surface area contributed by atoms with Gasteiger partial charge in [-0.2, -0.15) is 0 Å². The number of phenols is 1. The molecule has 2 aromatic heterocycles. The Labute approximate surface area is 149 Å². The number of rotatable bonds is 1. The normalized spacial score (nSPS) is 15.5. The van der Waals surface area contributed by atoms with E-state index in [1.165, 1.54) is 0 Å². The van der Waals surface area contributed by atoms with Crippen LogP contribution in [0.3, 0.4) is 0 Å². The molecule has 2 aromatic carbocycles. The Morgan fingerprint density at radius 1 is 1.00 bits per heavy atom. The van der Waals surface area contributed by atoms with Gasteiger partial charge in [-0.1, -0.05) is 35.9 Å². The van der Waals surface area contributed by atoms with E-state index in [0.717, 1.165) is 39.0 Å². The fraction of sp³-hybridized carbons (Fsp3) is 0.0500. The van der Waals surface area contributed by atoms with Crippen molar-refractivity contribution in [3.8, 4) is 16.9 Å². The maximum atomic E-state index is 9.70. The maximum Gasteiger partial charge on any atom is 0.138 e. The molecule has 3 N–H and O–H groups in total. The molecule has 5 heteroatoms. The Morgan fingerprint density at radius 3 is 2.76 bits per heavy atom. The van der Waals surface area contributed by atoms with Crippen LogP contribution in [0.15, 0.2) is 60.9 Å². The number of pyridine rings is 1. The molecular weight excluding hydrogens is 334 g/mol. The molecule has 0 spiro atoms. The van der Waals surface area contributed by atoms with Gasteiger partial charge in [0, 0.05) is 39.6 Å². The lowest BCUT2D eigenvalue weighted by molar-refractivity contribution is 0.475. The van der Waals surface area contributed by atoms with Crippen molar-refractivity contribution < 1.29 is 5.11 Å². The first-order valence-corrected chi connectivity index (χ1v) is 8.40. The molecule has 1 aliphatic rings. The average molecular weight is 348 g/mol. The summed E-state index contributed by atoms with van der Waals surface area (Å²) in [5, 5.41) is 14.9. The zero-order valence-corrected chi connectivity index (χ0v) is 13.9. The molecule has 0 amide bonds. The van der Waals surface area contributed by atoms with Gasteiger partial charge in [-0.05, 0) is 35.4 Å². The molecule has 25 heavy (non-hydrogen) atoms. The lowest BCUT2D eigenvalue weighted by Crippen LogP contribution is -2.11. The number of H-pyrrole nitrogens is 1. The van der Waals surface area contributed by atoms with Gasteiger partial charge in [0.15, 0.2) is 0 Å². The smallest absolute Gasteiger partial charge is 0.138 e. The van der Waals surface area contributed by atoms with Crippen molar-refractivity contribution in [1.82, 2.24) is 9.97 Å². The highest BCUT2D eigenvalue weighted by Crippen LogP contribution is 2.44. The molecular formula is C20H14ClN3O. The second kappa shape index (κ2) is 5.26. The molecule has 0 aliphatic carbocycles. The molecule has 0 fully saturated rings. The van der Waals surface area contributed by atoms with E-state index in [1.54, 1.807) is 12.1 Å². The monoisotopic (exact) mass is 347 g/mol. The third-order valence-corrected chi connectivity index (χ3v) is 5.05. The number of fused-ring (bicyclic) bond motifs is 2. The number of aromatic amines is 1. The van der Waals surface area contributed by atoms with E-state index in [-0.39, 0.29) is 11.8 Å². The van der Waals surface area contributed by atoms with Crippen LogP contribution in [0.1, 0.15) is 17.2 Å². The Morgan fingerprint density at radius 2 is 1.88 bits per heavy atom. The van der Waals surface area contributed by atoms with Gasteiger partial charge in [0.2, 0.25) is 0 Å². The fourth-order valence-corrected chi connectivity index (χ4v) is 3.89. The van der Waals surface area contributed by atoms with E-state index < -0.39 is 0 Å². The highest BCUT2D eigenvalue weighted by Gasteiger charge is 2.27. The van der Waals surface area contributed by atoms with Crippen LogP contribution in [0.2, 0.25) is 5.02 Å². The summed E-state index contributed by atoms with van der Waals surface area (Å²) in [5.41, 5.74) is 6.16. The van der Waals surface area contributed by atoms with E-state index >= 15 is 0 Å². The molecule has 0 radical (unpaired) electrons. The van der Waals surface area contributed by atoms with Crippen molar-refractivity contribution in [3.63, 3.8) is 0 Å². The number of hydrogen-bond donors (Lipinski definition) is 3. The van der Waals surface area contributed by atoms with Crippen LogP contribution in [0.5, 0.6) is 5.75 Å². The second-order valence-corrected chi connectivity index (χ2v) is 6.56. The number of anilines is 1. The number of aromatic hydroxyl groups is 1. The minimum absolute atomic E-state index is 0.145. The highest BCUT2D eigenvalue weighted by molar-refractivity contribution is 6.31. The molecule has 0 saturated carbocycles. The lowest BCUT2D eigenvalue weighted by Gasteiger charge is -2.20. The SMILES string of the molecule is Oc1ccc([C@@H]2Nc3ccccc3-c3ccnc4[nH]cc2c34)c(Cl)c1. The first-order valence-electron chi connectivity index (χ1n) is 8.03. The summed E-state index contributed by atoms with van der Waals surface area (Å²) in [5.74, 6) is 0.157. The largest absolute Gasteiger partial charge is 0.508 e. The van der Waals surface area contributed by atoms with Gasteiger partial charge in [-0.25, -0.2) is 4.98 Å². The molecule has 1 aliphatic heterocycles. The predicted molar refractivity (Wildman–Crippen MR) is 100 cm³/mol. The molecule has 1 atom stereocenters. The van der Waals surface area contributed by atoms with Gasteiger partial charge in [-0.3, -0.25) is 0 Å². The Balaban J connectivity index is 1.85. The second-order valence-electron chi connectivity index (χ2n) is 6.15.